The highest BCUT2D eigenvalue weighted by Crippen LogP contribution is 2.50. The second-order valence-corrected chi connectivity index (χ2v) is 13.6. The van der Waals surface area contributed by atoms with E-state index in [1.54, 1.807) is 0 Å². The largest absolute Gasteiger partial charge is 0.292 e. The summed E-state index contributed by atoms with van der Waals surface area (Å²) in [5.41, 5.74) is 15.5. The molecular weight excluding hydrogens is 665 g/mol. The van der Waals surface area contributed by atoms with Gasteiger partial charge in [0.15, 0.2) is 0 Å². The Morgan fingerprint density at radius 3 is 1.65 bits per heavy atom. The molecule has 0 aliphatic carbocycles. The zero-order valence-electron chi connectivity index (χ0n) is 30.4. The van der Waals surface area contributed by atoms with E-state index in [-0.39, 0.29) is 0 Å². The molecule has 9 aromatic rings. The van der Waals surface area contributed by atoms with Crippen LogP contribution < -0.4 is 0 Å². The summed E-state index contributed by atoms with van der Waals surface area (Å²) in [6, 6.07) is 66.8. The minimum atomic E-state index is 0.909. The van der Waals surface area contributed by atoms with Crippen molar-refractivity contribution in [2.75, 3.05) is 0 Å². The average Bonchev–Trinajstić information content (AvgIpc) is 3.66. The molecule has 1 heterocycles. The Hall–Kier alpha value is -7.29. The fourth-order valence-electron chi connectivity index (χ4n) is 7.94. The molecule has 0 aliphatic rings. The number of nitrogens with zero attached hydrogens (tertiary/aromatic N) is 2. The van der Waals surface area contributed by atoms with Gasteiger partial charge in [-0.25, -0.2) is 4.98 Å². The van der Waals surface area contributed by atoms with Gasteiger partial charge < -0.3 is 0 Å². The maximum Gasteiger partial charge on any atom is 0.145 e. The van der Waals surface area contributed by atoms with Crippen LogP contribution in [0, 0.1) is 0 Å². The molecule has 0 radical (unpaired) electrons. The maximum absolute atomic E-state index is 5.18. The molecule has 0 amide bonds. The second kappa shape index (κ2) is 14.6. The van der Waals surface area contributed by atoms with Gasteiger partial charge in [-0.1, -0.05) is 183 Å². The van der Waals surface area contributed by atoms with Gasteiger partial charge in [-0.05, 0) is 103 Å². The summed E-state index contributed by atoms with van der Waals surface area (Å²) in [6.45, 7) is 8.45. The standard InChI is InChI=1S/C53H38N2/c1-3-20-37(4-2)51-50(39-23-11-6-12-24-39)46-36-42(33-34-45(46)49(38-21-9-5-10-22-38)52(51)40-25-13-7-14-26-40)41-27-19-28-43(35-41)53-54-47-31-17-18-32-48(47)55(53)44-29-15-8-16-30-44/h3-36H,1-2H2/b37-20+. The molecule has 0 bridgehead atoms. The Bertz CT molecular complexity index is 2860. The molecule has 2 nitrogen and oxygen atoms in total. The zero-order chi connectivity index (χ0) is 37.1. The van der Waals surface area contributed by atoms with E-state index in [2.05, 4.69) is 206 Å². The molecule has 0 unspecified atom stereocenters. The summed E-state index contributed by atoms with van der Waals surface area (Å²) in [6.07, 6.45) is 5.90. The normalized spacial score (nSPS) is 11.5. The predicted molar refractivity (Wildman–Crippen MR) is 234 cm³/mol. The van der Waals surface area contributed by atoms with Crippen LogP contribution in [-0.2, 0) is 0 Å². The molecule has 1 aromatic heterocycles. The summed E-state index contributed by atoms with van der Waals surface area (Å²) in [5.74, 6) is 0.909. The van der Waals surface area contributed by atoms with Crippen LogP contribution in [0.3, 0.4) is 0 Å². The Balaban J connectivity index is 1.36. The minimum absolute atomic E-state index is 0.909. The number of para-hydroxylation sites is 3. The lowest BCUT2D eigenvalue weighted by atomic mass is 9.78. The van der Waals surface area contributed by atoms with E-state index in [0.29, 0.717) is 0 Å². The maximum atomic E-state index is 5.18. The van der Waals surface area contributed by atoms with E-state index in [9.17, 15) is 0 Å². The number of hydrogen-bond donors (Lipinski definition) is 0. The van der Waals surface area contributed by atoms with Gasteiger partial charge >= 0.3 is 0 Å². The molecule has 8 aromatic carbocycles. The fourth-order valence-corrected chi connectivity index (χ4v) is 7.94. The van der Waals surface area contributed by atoms with Crippen molar-refractivity contribution in [3.63, 3.8) is 0 Å². The van der Waals surface area contributed by atoms with Crippen molar-refractivity contribution in [3.05, 3.63) is 225 Å². The predicted octanol–water partition coefficient (Wildman–Crippen LogP) is 14.3. The van der Waals surface area contributed by atoms with Gasteiger partial charge in [0.25, 0.3) is 0 Å². The van der Waals surface area contributed by atoms with Crippen LogP contribution in [0.5, 0.6) is 0 Å². The summed E-state index contributed by atoms with van der Waals surface area (Å²) < 4.78 is 2.26. The number of aromatic nitrogens is 2. The van der Waals surface area contributed by atoms with Gasteiger partial charge in [0.05, 0.1) is 11.0 Å². The highest BCUT2D eigenvalue weighted by molar-refractivity contribution is 6.17. The lowest BCUT2D eigenvalue weighted by Crippen LogP contribution is -2.00. The van der Waals surface area contributed by atoms with Crippen molar-refractivity contribution in [2.45, 2.75) is 0 Å². The highest BCUT2D eigenvalue weighted by atomic mass is 15.1. The molecule has 260 valence electrons. The van der Waals surface area contributed by atoms with Crippen molar-refractivity contribution in [1.29, 1.82) is 0 Å². The number of fused-ring (bicyclic) bond motifs is 2. The molecule has 0 spiro atoms. The first-order valence-electron chi connectivity index (χ1n) is 18.6. The molecule has 0 fully saturated rings. The van der Waals surface area contributed by atoms with Gasteiger partial charge in [0.2, 0.25) is 0 Å². The first-order chi connectivity index (χ1) is 27.2. The smallest absolute Gasteiger partial charge is 0.145 e. The summed E-state index contributed by atoms with van der Waals surface area (Å²) in [5, 5.41) is 2.34. The van der Waals surface area contributed by atoms with Gasteiger partial charge in [-0.3, -0.25) is 4.57 Å². The van der Waals surface area contributed by atoms with Gasteiger partial charge in [-0.15, -0.1) is 0 Å². The quantitative estimate of drug-likeness (QED) is 0.137. The van der Waals surface area contributed by atoms with E-state index in [1.807, 2.05) is 18.2 Å². The fraction of sp³-hybridized carbons (Fsp3) is 0. The van der Waals surface area contributed by atoms with Crippen LogP contribution in [-0.4, -0.2) is 9.55 Å². The number of benzene rings is 8. The Labute approximate surface area is 322 Å². The number of hydrogen-bond acceptors (Lipinski definition) is 1. The van der Waals surface area contributed by atoms with Gasteiger partial charge in [0, 0.05) is 11.3 Å². The molecular formula is C53H38N2. The van der Waals surface area contributed by atoms with Crippen LogP contribution >= 0.6 is 0 Å². The van der Waals surface area contributed by atoms with Crippen LogP contribution in [0.15, 0.2) is 219 Å². The first-order valence-corrected chi connectivity index (χ1v) is 18.6. The molecule has 0 N–H and O–H groups in total. The Morgan fingerprint density at radius 1 is 0.455 bits per heavy atom. The molecule has 9 rings (SSSR count). The van der Waals surface area contributed by atoms with Crippen molar-refractivity contribution in [2.24, 2.45) is 0 Å². The number of rotatable bonds is 9. The zero-order valence-corrected chi connectivity index (χ0v) is 30.4. The lowest BCUT2D eigenvalue weighted by Gasteiger charge is -2.25. The van der Waals surface area contributed by atoms with Crippen LogP contribution in [0.2, 0.25) is 0 Å². The van der Waals surface area contributed by atoms with E-state index < -0.39 is 0 Å². The lowest BCUT2D eigenvalue weighted by molar-refractivity contribution is 1.10. The molecule has 0 atom stereocenters. The minimum Gasteiger partial charge on any atom is -0.292 e. The Morgan fingerprint density at radius 2 is 1.00 bits per heavy atom. The topological polar surface area (TPSA) is 17.8 Å². The molecule has 55 heavy (non-hydrogen) atoms. The summed E-state index contributed by atoms with van der Waals surface area (Å²) in [4.78, 5) is 5.18. The third kappa shape index (κ3) is 6.10. The number of imidazole rings is 1. The number of allylic oxidation sites excluding steroid dienone is 4. The van der Waals surface area contributed by atoms with Crippen molar-refractivity contribution < 1.29 is 0 Å². The Kier molecular flexibility index (Phi) is 8.91. The first kappa shape index (κ1) is 33.5. The highest BCUT2D eigenvalue weighted by Gasteiger charge is 2.25. The third-order valence-corrected chi connectivity index (χ3v) is 10.3. The van der Waals surface area contributed by atoms with E-state index in [1.165, 1.54) is 16.5 Å². The van der Waals surface area contributed by atoms with Crippen molar-refractivity contribution in [1.82, 2.24) is 9.55 Å². The van der Waals surface area contributed by atoms with Crippen LogP contribution in [0.1, 0.15) is 5.56 Å². The van der Waals surface area contributed by atoms with Crippen LogP contribution in [0.25, 0.3) is 89.0 Å². The monoisotopic (exact) mass is 702 g/mol. The molecule has 2 heteroatoms. The van der Waals surface area contributed by atoms with E-state index in [4.69, 9.17) is 4.98 Å². The van der Waals surface area contributed by atoms with Crippen molar-refractivity contribution in [3.8, 4) is 61.6 Å². The van der Waals surface area contributed by atoms with E-state index >= 15 is 0 Å². The van der Waals surface area contributed by atoms with E-state index in [0.717, 1.165) is 78.0 Å². The molecule has 0 aliphatic heterocycles. The molecule has 0 saturated heterocycles. The van der Waals surface area contributed by atoms with Gasteiger partial charge in [-0.2, -0.15) is 0 Å². The average molecular weight is 703 g/mol. The molecule has 0 saturated carbocycles. The van der Waals surface area contributed by atoms with Crippen LogP contribution in [0.4, 0.5) is 0 Å². The van der Waals surface area contributed by atoms with Crippen molar-refractivity contribution >= 4 is 27.4 Å². The summed E-state index contributed by atoms with van der Waals surface area (Å²) in [7, 11) is 0. The SMILES string of the molecule is C=C/C=C(\C=C)c1c(-c2ccccc2)c(-c2ccccc2)c2ccc(-c3cccc(-c4nc5ccccc5n4-c4ccccc4)c3)cc2c1-c1ccccc1. The van der Waals surface area contributed by atoms with Gasteiger partial charge in [0.1, 0.15) is 5.82 Å². The third-order valence-electron chi connectivity index (χ3n) is 10.3. The second-order valence-electron chi connectivity index (χ2n) is 13.6. The summed E-state index contributed by atoms with van der Waals surface area (Å²) >= 11 is 0.